The molecule has 8 heteroatoms. The fraction of sp³-hybridized carbons (Fsp3) is 0.385. The zero-order chi connectivity index (χ0) is 15.0. The van der Waals surface area contributed by atoms with Crippen molar-refractivity contribution >= 4 is 0 Å². The zero-order valence-electron chi connectivity index (χ0n) is 10.9. The Hall–Kier alpha value is -1.96. The van der Waals surface area contributed by atoms with Crippen LogP contribution >= 0.6 is 0 Å². The second-order valence-electron chi connectivity index (χ2n) is 4.87. The van der Waals surface area contributed by atoms with Crippen molar-refractivity contribution in [3.63, 3.8) is 0 Å². The van der Waals surface area contributed by atoms with Gasteiger partial charge in [0.05, 0.1) is 23.5 Å². The number of fused-ring (bicyclic) bond motifs is 1. The summed E-state index contributed by atoms with van der Waals surface area (Å²) in [6.07, 6.45) is -3.94. The minimum absolute atomic E-state index is 0.0184. The van der Waals surface area contributed by atoms with Crippen LogP contribution in [0, 0.1) is 5.82 Å². The van der Waals surface area contributed by atoms with Gasteiger partial charge in [-0.3, -0.25) is 0 Å². The summed E-state index contributed by atoms with van der Waals surface area (Å²) >= 11 is 0. The van der Waals surface area contributed by atoms with Crippen LogP contribution in [0.15, 0.2) is 18.2 Å². The molecule has 0 radical (unpaired) electrons. The van der Waals surface area contributed by atoms with Crippen molar-refractivity contribution in [1.29, 1.82) is 0 Å². The van der Waals surface area contributed by atoms with Gasteiger partial charge in [-0.05, 0) is 17.7 Å². The molecule has 0 aliphatic carbocycles. The maximum atomic E-state index is 13.1. The molecule has 1 aromatic carbocycles. The van der Waals surface area contributed by atoms with Gasteiger partial charge in [-0.2, -0.15) is 13.2 Å². The predicted molar refractivity (Wildman–Crippen MR) is 65.9 cm³/mol. The van der Waals surface area contributed by atoms with Gasteiger partial charge in [0.25, 0.3) is 0 Å². The summed E-state index contributed by atoms with van der Waals surface area (Å²) in [6.45, 7) is 1.22. The molecule has 112 valence electrons. The molecule has 0 saturated carbocycles. The number of nitrogens with zero attached hydrogens (tertiary/aromatic N) is 3. The molecule has 1 N–H and O–H groups in total. The lowest BCUT2D eigenvalue weighted by Crippen LogP contribution is -2.25. The van der Waals surface area contributed by atoms with Crippen LogP contribution in [0.5, 0.6) is 0 Å². The highest BCUT2D eigenvalue weighted by Crippen LogP contribution is 2.33. The highest BCUT2D eigenvalue weighted by atomic mass is 19.4. The monoisotopic (exact) mass is 300 g/mol. The third kappa shape index (κ3) is 2.76. The summed E-state index contributed by atoms with van der Waals surface area (Å²) in [5.41, 5.74) is 0.582. The number of rotatable bonds is 2. The van der Waals surface area contributed by atoms with Gasteiger partial charge in [-0.15, -0.1) is 5.10 Å². The number of halogens is 4. The van der Waals surface area contributed by atoms with E-state index in [0.29, 0.717) is 19.0 Å². The van der Waals surface area contributed by atoms with Crippen LogP contribution in [0.1, 0.15) is 22.5 Å². The van der Waals surface area contributed by atoms with Gasteiger partial charge in [0.1, 0.15) is 5.82 Å². The van der Waals surface area contributed by atoms with Crippen molar-refractivity contribution in [2.75, 3.05) is 6.54 Å². The van der Waals surface area contributed by atoms with E-state index in [1.54, 1.807) is 0 Å². The lowest BCUT2D eigenvalue weighted by Gasteiger charge is -2.16. The number of nitrogens with one attached hydrogen (secondary N) is 1. The quantitative estimate of drug-likeness (QED) is 0.864. The van der Waals surface area contributed by atoms with E-state index in [1.165, 1.54) is 4.68 Å². The van der Waals surface area contributed by atoms with Crippen LogP contribution in [0.3, 0.4) is 0 Å². The topological polar surface area (TPSA) is 42.7 Å². The van der Waals surface area contributed by atoms with E-state index in [9.17, 15) is 17.6 Å². The van der Waals surface area contributed by atoms with Crippen molar-refractivity contribution < 1.29 is 17.6 Å². The summed E-state index contributed by atoms with van der Waals surface area (Å²) in [6, 6.07) is 2.68. The van der Waals surface area contributed by atoms with Crippen LogP contribution in [-0.4, -0.2) is 21.5 Å². The third-order valence-electron chi connectivity index (χ3n) is 3.45. The van der Waals surface area contributed by atoms with E-state index < -0.39 is 17.6 Å². The first-order chi connectivity index (χ1) is 9.95. The molecule has 0 spiro atoms. The van der Waals surface area contributed by atoms with Crippen LogP contribution in [0.2, 0.25) is 0 Å². The molecule has 3 rings (SSSR count). The Morgan fingerprint density at radius 1 is 1.29 bits per heavy atom. The smallest absolute Gasteiger partial charge is 0.311 e. The van der Waals surface area contributed by atoms with Crippen molar-refractivity contribution in [1.82, 2.24) is 20.3 Å². The Morgan fingerprint density at radius 2 is 2.10 bits per heavy atom. The fourth-order valence-electron chi connectivity index (χ4n) is 2.43. The lowest BCUT2D eigenvalue weighted by molar-refractivity contribution is -0.138. The van der Waals surface area contributed by atoms with Crippen LogP contribution in [0.4, 0.5) is 17.6 Å². The molecular formula is C13H12F4N4. The molecule has 0 saturated heterocycles. The molecular weight excluding hydrogens is 288 g/mol. The molecule has 1 aliphatic rings. The molecule has 1 aliphatic heterocycles. The molecule has 2 heterocycles. The Bertz CT molecular complexity index is 663. The van der Waals surface area contributed by atoms with Crippen molar-refractivity contribution in [3.05, 3.63) is 46.5 Å². The fourth-order valence-corrected chi connectivity index (χ4v) is 2.43. The van der Waals surface area contributed by atoms with Crippen LogP contribution in [-0.2, 0) is 25.7 Å². The third-order valence-corrected chi connectivity index (χ3v) is 3.45. The average molecular weight is 300 g/mol. The summed E-state index contributed by atoms with van der Waals surface area (Å²) in [7, 11) is 0. The van der Waals surface area contributed by atoms with E-state index in [0.717, 1.165) is 30.1 Å². The highest BCUT2D eigenvalue weighted by Gasteiger charge is 2.34. The Labute approximate surface area is 117 Å². The first kappa shape index (κ1) is 14.0. The molecule has 2 aromatic rings. The molecule has 4 nitrogen and oxygen atoms in total. The van der Waals surface area contributed by atoms with E-state index in [1.807, 2.05) is 0 Å². The summed E-state index contributed by atoms with van der Waals surface area (Å²) in [4.78, 5) is 0. The van der Waals surface area contributed by atoms with Gasteiger partial charge in [-0.25, -0.2) is 9.07 Å². The molecule has 0 atom stereocenters. The number of benzene rings is 1. The number of hydrogen-bond donors (Lipinski definition) is 1. The average Bonchev–Trinajstić information content (AvgIpc) is 2.83. The Morgan fingerprint density at radius 3 is 2.86 bits per heavy atom. The predicted octanol–water partition coefficient (Wildman–Crippen LogP) is 2.13. The minimum atomic E-state index is -4.60. The van der Waals surface area contributed by atoms with Gasteiger partial charge in [-0.1, -0.05) is 11.3 Å². The largest absolute Gasteiger partial charge is 0.416 e. The van der Waals surface area contributed by atoms with Gasteiger partial charge in [0, 0.05) is 19.5 Å². The standard InChI is InChI=1S/C13H12F4N4/c14-9-2-1-8(10(5-9)13(15,16)17)7-21-12-3-4-18-6-11(12)19-20-21/h1-2,5,18H,3-4,6-7H2. The second kappa shape index (κ2) is 5.10. The van der Waals surface area contributed by atoms with Crippen LogP contribution < -0.4 is 5.32 Å². The van der Waals surface area contributed by atoms with E-state index in [-0.39, 0.29) is 12.1 Å². The molecule has 1 aromatic heterocycles. The molecule has 0 amide bonds. The number of aromatic nitrogens is 3. The van der Waals surface area contributed by atoms with E-state index in [2.05, 4.69) is 15.6 Å². The van der Waals surface area contributed by atoms with E-state index in [4.69, 9.17) is 0 Å². The SMILES string of the molecule is Fc1ccc(Cn2nnc3c2CCNC3)c(C(F)(F)F)c1. The highest BCUT2D eigenvalue weighted by molar-refractivity contribution is 5.31. The lowest BCUT2D eigenvalue weighted by atomic mass is 10.1. The maximum absolute atomic E-state index is 13.1. The summed E-state index contributed by atoms with van der Waals surface area (Å²) in [5.74, 6) is -0.907. The first-order valence-corrected chi connectivity index (χ1v) is 6.43. The number of hydrogen-bond acceptors (Lipinski definition) is 3. The van der Waals surface area contributed by atoms with Gasteiger partial charge >= 0.3 is 6.18 Å². The molecule has 21 heavy (non-hydrogen) atoms. The molecule has 0 fully saturated rings. The maximum Gasteiger partial charge on any atom is 0.416 e. The first-order valence-electron chi connectivity index (χ1n) is 6.43. The Kier molecular flexibility index (Phi) is 3.40. The minimum Gasteiger partial charge on any atom is -0.311 e. The van der Waals surface area contributed by atoms with Gasteiger partial charge in [0.15, 0.2) is 0 Å². The second-order valence-corrected chi connectivity index (χ2v) is 4.87. The summed E-state index contributed by atoms with van der Waals surface area (Å²) < 4.78 is 53.5. The van der Waals surface area contributed by atoms with Crippen molar-refractivity contribution in [2.45, 2.75) is 25.7 Å². The number of alkyl halides is 3. The van der Waals surface area contributed by atoms with Gasteiger partial charge in [0.2, 0.25) is 0 Å². The summed E-state index contributed by atoms with van der Waals surface area (Å²) in [5, 5.41) is 11.0. The van der Waals surface area contributed by atoms with Crippen molar-refractivity contribution in [3.8, 4) is 0 Å². The van der Waals surface area contributed by atoms with E-state index >= 15 is 0 Å². The molecule has 0 unspecified atom stereocenters. The van der Waals surface area contributed by atoms with Crippen LogP contribution in [0.25, 0.3) is 0 Å². The van der Waals surface area contributed by atoms with Crippen molar-refractivity contribution in [2.24, 2.45) is 0 Å². The molecule has 0 bridgehead atoms. The Balaban J connectivity index is 1.97. The van der Waals surface area contributed by atoms with Gasteiger partial charge < -0.3 is 5.32 Å². The normalized spacial score (nSPS) is 15.0. The zero-order valence-corrected chi connectivity index (χ0v) is 10.9.